The summed E-state index contributed by atoms with van der Waals surface area (Å²) in [6.45, 7) is 2.38. The predicted octanol–water partition coefficient (Wildman–Crippen LogP) is 1.67. The standard InChI is InChI=1S/C11H13NO2/c1-7-8(11(12)4-5-11)2-3-9-10(7)14-6-13-9/h2-3H,4-6,12H2,1H3. The van der Waals surface area contributed by atoms with E-state index in [1.807, 2.05) is 6.07 Å². The summed E-state index contributed by atoms with van der Waals surface area (Å²) < 4.78 is 10.7. The van der Waals surface area contributed by atoms with Crippen LogP contribution in [-0.4, -0.2) is 6.79 Å². The van der Waals surface area contributed by atoms with Crippen molar-refractivity contribution in [3.05, 3.63) is 23.3 Å². The minimum absolute atomic E-state index is 0.0922. The number of benzene rings is 1. The number of nitrogens with two attached hydrogens (primary N) is 1. The molecule has 2 aliphatic rings. The third-order valence-corrected chi connectivity index (χ3v) is 3.11. The average Bonchev–Trinajstić information content (AvgIpc) is 2.75. The van der Waals surface area contributed by atoms with Gasteiger partial charge in [-0.1, -0.05) is 6.07 Å². The lowest BCUT2D eigenvalue weighted by molar-refractivity contribution is 0.173. The van der Waals surface area contributed by atoms with Gasteiger partial charge in [0.15, 0.2) is 11.5 Å². The van der Waals surface area contributed by atoms with Crippen LogP contribution in [0.2, 0.25) is 0 Å². The molecule has 0 bridgehead atoms. The van der Waals surface area contributed by atoms with E-state index in [4.69, 9.17) is 15.2 Å². The molecule has 1 aliphatic carbocycles. The van der Waals surface area contributed by atoms with Gasteiger partial charge in [-0.25, -0.2) is 0 Å². The summed E-state index contributed by atoms with van der Waals surface area (Å²) in [5, 5.41) is 0. The molecule has 14 heavy (non-hydrogen) atoms. The Hall–Kier alpha value is -1.22. The summed E-state index contributed by atoms with van der Waals surface area (Å²) in [7, 11) is 0. The van der Waals surface area contributed by atoms with Gasteiger partial charge in [-0.3, -0.25) is 0 Å². The van der Waals surface area contributed by atoms with Crippen molar-refractivity contribution in [1.29, 1.82) is 0 Å². The van der Waals surface area contributed by atoms with Gasteiger partial charge >= 0.3 is 0 Å². The maximum Gasteiger partial charge on any atom is 0.231 e. The quantitative estimate of drug-likeness (QED) is 0.734. The van der Waals surface area contributed by atoms with Crippen LogP contribution in [0.4, 0.5) is 0 Å². The Labute approximate surface area is 82.8 Å². The van der Waals surface area contributed by atoms with Gasteiger partial charge in [0, 0.05) is 11.1 Å². The first-order chi connectivity index (χ1) is 6.71. The van der Waals surface area contributed by atoms with E-state index in [-0.39, 0.29) is 5.54 Å². The number of hydrogen-bond acceptors (Lipinski definition) is 3. The summed E-state index contributed by atoms with van der Waals surface area (Å²) in [5.74, 6) is 1.72. The molecule has 1 aliphatic heterocycles. The van der Waals surface area contributed by atoms with Crippen molar-refractivity contribution in [3.8, 4) is 11.5 Å². The van der Waals surface area contributed by atoms with Crippen LogP contribution in [0.5, 0.6) is 11.5 Å². The Morgan fingerprint density at radius 2 is 2.07 bits per heavy atom. The van der Waals surface area contributed by atoms with E-state index in [1.165, 1.54) is 5.56 Å². The minimum Gasteiger partial charge on any atom is -0.454 e. The summed E-state index contributed by atoms with van der Waals surface area (Å²) >= 11 is 0. The molecule has 1 heterocycles. The molecule has 1 fully saturated rings. The molecule has 0 unspecified atom stereocenters. The van der Waals surface area contributed by atoms with E-state index in [1.54, 1.807) is 0 Å². The molecule has 3 rings (SSSR count). The molecule has 2 N–H and O–H groups in total. The van der Waals surface area contributed by atoms with Crippen molar-refractivity contribution in [3.63, 3.8) is 0 Å². The highest BCUT2D eigenvalue weighted by Gasteiger charge is 2.42. The van der Waals surface area contributed by atoms with E-state index >= 15 is 0 Å². The largest absolute Gasteiger partial charge is 0.454 e. The topological polar surface area (TPSA) is 44.5 Å². The van der Waals surface area contributed by atoms with Crippen molar-refractivity contribution >= 4 is 0 Å². The monoisotopic (exact) mass is 191 g/mol. The molecule has 0 radical (unpaired) electrons. The van der Waals surface area contributed by atoms with Crippen LogP contribution < -0.4 is 15.2 Å². The second-order valence-corrected chi connectivity index (χ2v) is 4.13. The molecule has 3 nitrogen and oxygen atoms in total. The molecular formula is C11H13NO2. The second-order valence-electron chi connectivity index (χ2n) is 4.13. The molecule has 3 heteroatoms. The number of hydrogen-bond donors (Lipinski definition) is 1. The number of ether oxygens (including phenoxy) is 2. The molecule has 0 aromatic heterocycles. The van der Waals surface area contributed by atoms with Crippen molar-refractivity contribution in [1.82, 2.24) is 0 Å². The van der Waals surface area contributed by atoms with Crippen molar-refractivity contribution < 1.29 is 9.47 Å². The SMILES string of the molecule is Cc1c(C2(N)CC2)ccc2c1OCO2. The third-order valence-electron chi connectivity index (χ3n) is 3.11. The van der Waals surface area contributed by atoms with Crippen LogP contribution in [0.3, 0.4) is 0 Å². The average molecular weight is 191 g/mol. The molecule has 0 saturated heterocycles. The first-order valence-electron chi connectivity index (χ1n) is 4.89. The smallest absolute Gasteiger partial charge is 0.231 e. The molecule has 1 aromatic rings. The fraction of sp³-hybridized carbons (Fsp3) is 0.455. The van der Waals surface area contributed by atoms with Crippen LogP contribution in [0.15, 0.2) is 12.1 Å². The van der Waals surface area contributed by atoms with Crippen molar-refractivity contribution in [2.24, 2.45) is 5.73 Å². The van der Waals surface area contributed by atoms with E-state index in [9.17, 15) is 0 Å². The molecule has 1 saturated carbocycles. The Morgan fingerprint density at radius 1 is 1.29 bits per heavy atom. The normalized spacial score (nSPS) is 21.0. The molecule has 74 valence electrons. The molecule has 0 spiro atoms. The van der Waals surface area contributed by atoms with E-state index < -0.39 is 0 Å². The lowest BCUT2D eigenvalue weighted by atomic mass is 9.99. The lowest BCUT2D eigenvalue weighted by Crippen LogP contribution is -2.19. The highest BCUT2D eigenvalue weighted by Crippen LogP contribution is 2.48. The highest BCUT2D eigenvalue weighted by molar-refractivity contribution is 5.54. The van der Waals surface area contributed by atoms with Gasteiger partial charge in [0.2, 0.25) is 6.79 Å². The fourth-order valence-corrected chi connectivity index (χ4v) is 2.06. The molecule has 0 amide bonds. The van der Waals surface area contributed by atoms with Gasteiger partial charge in [0.1, 0.15) is 0 Å². The zero-order valence-electron chi connectivity index (χ0n) is 8.17. The van der Waals surface area contributed by atoms with E-state index in [0.29, 0.717) is 6.79 Å². The zero-order valence-corrected chi connectivity index (χ0v) is 8.17. The van der Waals surface area contributed by atoms with E-state index in [2.05, 4.69) is 13.0 Å². The van der Waals surface area contributed by atoms with Crippen molar-refractivity contribution in [2.45, 2.75) is 25.3 Å². The predicted molar refractivity (Wildman–Crippen MR) is 52.4 cm³/mol. The molecular weight excluding hydrogens is 178 g/mol. The Morgan fingerprint density at radius 3 is 2.79 bits per heavy atom. The summed E-state index contributed by atoms with van der Waals surface area (Å²) in [5.41, 5.74) is 8.42. The zero-order chi connectivity index (χ0) is 9.76. The van der Waals surface area contributed by atoms with Crippen molar-refractivity contribution in [2.75, 3.05) is 6.79 Å². The maximum absolute atomic E-state index is 6.17. The molecule has 1 aromatic carbocycles. The van der Waals surface area contributed by atoms with Gasteiger partial charge in [-0.15, -0.1) is 0 Å². The van der Waals surface area contributed by atoms with Crippen LogP contribution in [0.25, 0.3) is 0 Å². The van der Waals surface area contributed by atoms with Crippen LogP contribution in [0.1, 0.15) is 24.0 Å². The minimum atomic E-state index is -0.0922. The highest BCUT2D eigenvalue weighted by atomic mass is 16.7. The maximum atomic E-state index is 6.17. The van der Waals surface area contributed by atoms with Gasteiger partial charge in [0.05, 0.1) is 0 Å². The Kier molecular flexibility index (Phi) is 1.40. The molecule has 0 atom stereocenters. The van der Waals surface area contributed by atoms with Crippen LogP contribution >= 0.6 is 0 Å². The summed E-state index contributed by atoms with van der Waals surface area (Å²) in [4.78, 5) is 0. The number of fused-ring (bicyclic) bond motifs is 1. The lowest BCUT2D eigenvalue weighted by Gasteiger charge is -2.13. The summed E-state index contributed by atoms with van der Waals surface area (Å²) in [6, 6.07) is 4.02. The van der Waals surface area contributed by atoms with Crippen LogP contribution in [0, 0.1) is 6.92 Å². The summed E-state index contributed by atoms with van der Waals surface area (Å²) in [6.07, 6.45) is 2.15. The van der Waals surface area contributed by atoms with Gasteiger partial charge in [0.25, 0.3) is 0 Å². The van der Waals surface area contributed by atoms with Gasteiger partial charge < -0.3 is 15.2 Å². The third kappa shape index (κ3) is 0.960. The second kappa shape index (κ2) is 2.42. The first-order valence-corrected chi connectivity index (χ1v) is 4.89. The van der Waals surface area contributed by atoms with Gasteiger partial charge in [-0.2, -0.15) is 0 Å². The fourth-order valence-electron chi connectivity index (χ4n) is 2.06. The van der Waals surface area contributed by atoms with Gasteiger partial charge in [-0.05, 0) is 31.4 Å². The number of rotatable bonds is 1. The Bertz CT molecular complexity index is 397. The first kappa shape index (κ1) is 8.12. The van der Waals surface area contributed by atoms with Crippen LogP contribution in [-0.2, 0) is 5.54 Å². The Balaban J connectivity index is 2.15. The van der Waals surface area contributed by atoms with E-state index in [0.717, 1.165) is 29.9 Å².